The van der Waals surface area contributed by atoms with Crippen molar-refractivity contribution in [3.63, 3.8) is 0 Å². The molecule has 0 aliphatic rings. The summed E-state index contributed by atoms with van der Waals surface area (Å²) in [6, 6.07) is 10.9. The highest BCUT2D eigenvalue weighted by atomic mass is 16.1. The molecule has 0 saturated heterocycles. The molecule has 0 spiro atoms. The van der Waals surface area contributed by atoms with E-state index in [0.717, 1.165) is 11.1 Å². The fourth-order valence-electron chi connectivity index (χ4n) is 1.77. The molecule has 1 aromatic carbocycles. The van der Waals surface area contributed by atoms with Crippen molar-refractivity contribution < 1.29 is 4.79 Å². The van der Waals surface area contributed by atoms with E-state index in [0.29, 0.717) is 17.9 Å². The van der Waals surface area contributed by atoms with Gasteiger partial charge in [-0.2, -0.15) is 0 Å². The van der Waals surface area contributed by atoms with Crippen LogP contribution in [0.2, 0.25) is 0 Å². The van der Waals surface area contributed by atoms with Gasteiger partial charge in [-0.15, -0.1) is 0 Å². The smallest absolute Gasteiger partial charge is 0.274 e. The van der Waals surface area contributed by atoms with Crippen LogP contribution in [0.4, 0.5) is 5.69 Å². The molecule has 1 heterocycles. The maximum absolute atomic E-state index is 12.0. The van der Waals surface area contributed by atoms with Crippen LogP contribution in [-0.2, 0) is 0 Å². The number of nitrogens with two attached hydrogens (primary N) is 1. The fourth-order valence-corrected chi connectivity index (χ4v) is 1.77. The minimum Gasteiger partial charge on any atom is -0.321 e. The molecule has 100 valence electrons. The molecule has 4 nitrogen and oxygen atoms in total. The van der Waals surface area contributed by atoms with E-state index < -0.39 is 0 Å². The van der Waals surface area contributed by atoms with Crippen molar-refractivity contribution in [2.45, 2.75) is 6.92 Å². The second-order valence-electron chi connectivity index (χ2n) is 4.26. The van der Waals surface area contributed by atoms with Gasteiger partial charge in [0, 0.05) is 17.4 Å². The molecule has 0 radical (unpaired) electrons. The largest absolute Gasteiger partial charge is 0.321 e. The summed E-state index contributed by atoms with van der Waals surface area (Å²) >= 11 is 0. The van der Waals surface area contributed by atoms with Gasteiger partial charge in [-0.25, -0.2) is 0 Å². The van der Waals surface area contributed by atoms with E-state index in [1.54, 1.807) is 24.4 Å². The number of nitrogens with one attached hydrogen (secondary N) is 1. The third kappa shape index (κ3) is 3.67. The number of rotatable bonds is 2. The predicted octanol–water partition coefficient (Wildman–Crippen LogP) is 1.95. The third-order valence-corrected chi connectivity index (χ3v) is 2.57. The van der Waals surface area contributed by atoms with Crippen molar-refractivity contribution in [3.05, 3.63) is 59.4 Å². The quantitative estimate of drug-likeness (QED) is 0.815. The standard InChI is InChI=1S/C16H15N3O/c1-12-9-13(5-4-7-17)11-14(10-12)19-16(20)15-6-2-3-8-18-15/h2-3,6,8-11H,7,17H2,1H3,(H,19,20). The van der Waals surface area contributed by atoms with Gasteiger partial charge in [0.1, 0.15) is 5.69 Å². The van der Waals surface area contributed by atoms with E-state index in [1.165, 1.54) is 0 Å². The van der Waals surface area contributed by atoms with Gasteiger partial charge in [0.2, 0.25) is 0 Å². The van der Waals surface area contributed by atoms with Crippen LogP contribution < -0.4 is 11.1 Å². The van der Waals surface area contributed by atoms with Gasteiger partial charge in [-0.1, -0.05) is 17.9 Å². The number of pyridine rings is 1. The molecule has 0 fully saturated rings. The molecule has 2 rings (SSSR count). The first kappa shape index (κ1) is 13.8. The molecule has 0 aliphatic heterocycles. The topological polar surface area (TPSA) is 68.0 Å². The van der Waals surface area contributed by atoms with E-state index in [-0.39, 0.29) is 5.91 Å². The Labute approximate surface area is 118 Å². The Morgan fingerprint density at radius 3 is 2.90 bits per heavy atom. The molecular formula is C16H15N3O. The lowest BCUT2D eigenvalue weighted by atomic mass is 10.1. The molecule has 1 amide bonds. The Balaban J connectivity index is 2.21. The molecular weight excluding hydrogens is 250 g/mol. The van der Waals surface area contributed by atoms with Crippen LogP contribution >= 0.6 is 0 Å². The van der Waals surface area contributed by atoms with Crippen LogP contribution in [-0.4, -0.2) is 17.4 Å². The van der Waals surface area contributed by atoms with Gasteiger partial charge in [0.15, 0.2) is 0 Å². The van der Waals surface area contributed by atoms with Crippen molar-refractivity contribution in [3.8, 4) is 11.8 Å². The average Bonchev–Trinajstić information content (AvgIpc) is 2.45. The molecule has 3 N–H and O–H groups in total. The number of carbonyl (C=O) groups excluding carboxylic acids is 1. The van der Waals surface area contributed by atoms with Crippen LogP contribution in [0.5, 0.6) is 0 Å². The molecule has 0 bridgehead atoms. The van der Waals surface area contributed by atoms with E-state index in [4.69, 9.17) is 5.73 Å². The van der Waals surface area contributed by atoms with E-state index >= 15 is 0 Å². The molecule has 0 unspecified atom stereocenters. The minimum atomic E-state index is -0.242. The third-order valence-electron chi connectivity index (χ3n) is 2.57. The van der Waals surface area contributed by atoms with Gasteiger partial charge >= 0.3 is 0 Å². The number of benzene rings is 1. The first-order chi connectivity index (χ1) is 9.69. The highest BCUT2D eigenvalue weighted by Gasteiger charge is 2.07. The summed E-state index contributed by atoms with van der Waals surface area (Å²) in [4.78, 5) is 16.0. The highest BCUT2D eigenvalue weighted by Crippen LogP contribution is 2.14. The van der Waals surface area contributed by atoms with Crippen molar-refractivity contribution in [1.29, 1.82) is 0 Å². The summed E-state index contributed by atoms with van der Waals surface area (Å²) in [5.41, 5.74) is 8.28. The Kier molecular flexibility index (Phi) is 4.48. The minimum absolute atomic E-state index is 0.242. The molecule has 1 aromatic heterocycles. The van der Waals surface area contributed by atoms with Crippen LogP contribution in [0.3, 0.4) is 0 Å². The van der Waals surface area contributed by atoms with Crippen LogP contribution in [0.25, 0.3) is 0 Å². The number of anilines is 1. The van der Waals surface area contributed by atoms with Crippen molar-refractivity contribution in [1.82, 2.24) is 4.98 Å². The molecule has 0 aliphatic carbocycles. The zero-order valence-corrected chi connectivity index (χ0v) is 11.2. The first-order valence-electron chi connectivity index (χ1n) is 6.22. The van der Waals surface area contributed by atoms with Gasteiger partial charge in [-0.3, -0.25) is 9.78 Å². The number of hydrogen-bond donors (Lipinski definition) is 2. The number of amides is 1. The molecule has 20 heavy (non-hydrogen) atoms. The van der Waals surface area contributed by atoms with Crippen molar-refractivity contribution in [2.75, 3.05) is 11.9 Å². The predicted molar refractivity (Wildman–Crippen MR) is 79.3 cm³/mol. The summed E-state index contributed by atoms with van der Waals surface area (Å²) in [6.45, 7) is 2.26. The highest BCUT2D eigenvalue weighted by molar-refractivity contribution is 6.02. The normalized spacial score (nSPS) is 9.50. The summed E-state index contributed by atoms with van der Waals surface area (Å²) in [5.74, 6) is 5.51. The van der Waals surface area contributed by atoms with E-state index in [2.05, 4.69) is 22.1 Å². The maximum atomic E-state index is 12.0. The maximum Gasteiger partial charge on any atom is 0.274 e. The number of hydrogen-bond acceptors (Lipinski definition) is 3. The number of aryl methyl sites for hydroxylation is 1. The van der Waals surface area contributed by atoms with Crippen molar-refractivity contribution in [2.24, 2.45) is 5.73 Å². The summed E-state index contributed by atoms with van der Waals surface area (Å²) in [6.07, 6.45) is 1.59. The number of aromatic nitrogens is 1. The van der Waals surface area contributed by atoms with Crippen LogP contribution in [0.15, 0.2) is 42.6 Å². The lowest BCUT2D eigenvalue weighted by Gasteiger charge is -2.06. The summed E-state index contributed by atoms with van der Waals surface area (Å²) < 4.78 is 0. The molecule has 0 atom stereocenters. The fraction of sp³-hybridized carbons (Fsp3) is 0.125. The Morgan fingerprint density at radius 2 is 2.20 bits per heavy atom. The molecule has 2 aromatic rings. The molecule has 0 saturated carbocycles. The van der Waals surface area contributed by atoms with Crippen molar-refractivity contribution >= 4 is 11.6 Å². The lowest BCUT2D eigenvalue weighted by Crippen LogP contribution is -2.13. The van der Waals surface area contributed by atoms with Gasteiger partial charge in [0.25, 0.3) is 5.91 Å². The van der Waals surface area contributed by atoms with Gasteiger partial charge in [-0.05, 0) is 42.8 Å². The second-order valence-corrected chi connectivity index (χ2v) is 4.26. The Bertz CT molecular complexity index is 669. The Morgan fingerprint density at radius 1 is 1.35 bits per heavy atom. The van der Waals surface area contributed by atoms with Crippen LogP contribution in [0.1, 0.15) is 21.6 Å². The Hall–Kier alpha value is -2.64. The van der Waals surface area contributed by atoms with E-state index in [1.807, 2.05) is 25.1 Å². The average molecular weight is 265 g/mol. The summed E-state index contributed by atoms with van der Waals surface area (Å²) in [7, 11) is 0. The van der Waals surface area contributed by atoms with Gasteiger partial charge in [0.05, 0.1) is 6.54 Å². The summed E-state index contributed by atoms with van der Waals surface area (Å²) in [5, 5.41) is 2.82. The zero-order valence-electron chi connectivity index (χ0n) is 11.2. The zero-order chi connectivity index (χ0) is 14.4. The van der Waals surface area contributed by atoms with Crippen LogP contribution in [0, 0.1) is 18.8 Å². The first-order valence-corrected chi connectivity index (χ1v) is 6.22. The second kappa shape index (κ2) is 6.50. The monoisotopic (exact) mass is 265 g/mol. The van der Waals surface area contributed by atoms with Gasteiger partial charge < -0.3 is 11.1 Å². The SMILES string of the molecule is Cc1cc(C#CCN)cc(NC(=O)c2ccccn2)c1. The van der Waals surface area contributed by atoms with E-state index in [9.17, 15) is 4.79 Å². The lowest BCUT2D eigenvalue weighted by molar-refractivity contribution is 0.102. The number of carbonyl (C=O) groups is 1. The molecule has 4 heteroatoms. The number of nitrogens with zero attached hydrogens (tertiary/aromatic N) is 1.